The molecule has 0 saturated carbocycles. The summed E-state index contributed by atoms with van der Waals surface area (Å²) in [5, 5.41) is 3.24. The van der Waals surface area contributed by atoms with Crippen LogP contribution in [0.2, 0.25) is 0 Å². The molecule has 21 heavy (non-hydrogen) atoms. The molecule has 0 bridgehead atoms. The first-order valence-corrected chi connectivity index (χ1v) is 7.06. The molecule has 0 atom stereocenters. The monoisotopic (exact) mass is 287 g/mol. The minimum Gasteiger partial charge on any atom is -0.497 e. The Labute approximate surface area is 125 Å². The summed E-state index contributed by atoms with van der Waals surface area (Å²) >= 11 is 0. The van der Waals surface area contributed by atoms with E-state index in [0.29, 0.717) is 5.82 Å². The third-order valence-electron chi connectivity index (χ3n) is 3.15. The van der Waals surface area contributed by atoms with Gasteiger partial charge in [0, 0.05) is 18.3 Å². The van der Waals surface area contributed by atoms with Gasteiger partial charge in [0.2, 0.25) is 0 Å². The van der Waals surface area contributed by atoms with E-state index in [1.54, 1.807) is 14.2 Å². The molecule has 2 rings (SSSR count). The number of aromatic nitrogens is 2. The third-order valence-corrected chi connectivity index (χ3v) is 3.15. The maximum atomic E-state index is 5.42. The molecule has 112 valence electrons. The lowest BCUT2D eigenvalue weighted by molar-refractivity contribution is 0.404. The van der Waals surface area contributed by atoms with E-state index in [9.17, 15) is 0 Å². The van der Waals surface area contributed by atoms with Crippen LogP contribution in [-0.2, 0) is 6.42 Å². The molecular formula is C16H21N3O2. The zero-order chi connectivity index (χ0) is 15.2. The van der Waals surface area contributed by atoms with Gasteiger partial charge in [-0.3, -0.25) is 0 Å². The maximum absolute atomic E-state index is 5.42. The molecule has 0 spiro atoms. The van der Waals surface area contributed by atoms with Gasteiger partial charge in [-0.25, -0.2) is 9.97 Å². The lowest BCUT2D eigenvalue weighted by Crippen LogP contribution is -2.04. The van der Waals surface area contributed by atoms with Crippen LogP contribution in [0, 0.1) is 0 Å². The minimum atomic E-state index is 0.640. The van der Waals surface area contributed by atoms with Crippen LogP contribution in [0.5, 0.6) is 11.5 Å². The number of hydrogen-bond acceptors (Lipinski definition) is 5. The first kappa shape index (κ1) is 15.1. The lowest BCUT2D eigenvalue weighted by atomic mass is 10.1. The molecule has 0 aliphatic heterocycles. The van der Waals surface area contributed by atoms with Crippen LogP contribution in [0.1, 0.15) is 19.5 Å². The highest BCUT2D eigenvalue weighted by Gasteiger charge is 2.12. The second-order valence-corrected chi connectivity index (χ2v) is 4.52. The number of methoxy groups -OCH3 is 2. The van der Waals surface area contributed by atoms with Gasteiger partial charge >= 0.3 is 0 Å². The van der Waals surface area contributed by atoms with Crippen LogP contribution >= 0.6 is 0 Å². The summed E-state index contributed by atoms with van der Waals surface area (Å²) in [5.41, 5.74) is 1.81. The summed E-state index contributed by atoms with van der Waals surface area (Å²) in [7, 11) is 3.28. The number of nitrogens with one attached hydrogen (secondary N) is 1. The van der Waals surface area contributed by atoms with E-state index in [1.165, 1.54) is 0 Å². The van der Waals surface area contributed by atoms with Crippen LogP contribution in [0.4, 0.5) is 5.82 Å². The standard InChI is InChI=1S/C16H21N3O2/c1-5-11-9-15(17-6-2)19-16(18-11)13-10-12(20-3)7-8-14(13)21-4/h7-10H,5-6H2,1-4H3,(H,17,18,19). The second-order valence-electron chi connectivity index (χ2n) is 4.52. The zero-order valence-corrected chi connectivity index (χ0v) is 12.9. The molecule has 1 aromatic heterocycles. The van der Waals surface area contributed by atoms with Crippen molar-refractivity contribution >= 4 is 5.82 Å². The highest BCUT2D eigenvalue weighted by Crippen LogP contribution is 2.32. The van der Waals surface area contributed by atoms with Crippen molar-refractivity contribution in [2.45, 2.75) is 20.3 Å². The first-order chi connectivity index (χ1) is 10.2. The fourth-order valence-electron chi connectivity index (χ4n) is 2.06. The van der Waals surface area contributed by atoms with Gasteiger partial charge in [-0.15, -0.1) is 0 Å². The molecule has 0 unspecified atom stereocenters. The SMILES string of the molecule is CCNc1cc(CC)nc(-c2cc(OC)ccc2OC)n1. The van der Waals surface area contributed by atoms with E-state index in [2.05, 4.69) is 22.2 Å². The Kier molecular flexibility index (Phi) is 4.98. The molecule has 0 radical (unpaired) electrons. The largest absolute Gasteiger partial charge is 0.497 e. The Morgan fingerprint density at radius 1 is 1.05 bits per heavy atom. The van der Waals surface area contributed by atoms with E-state index >= 15 is 0 Å². The molecule has 0 saturated heterocycles. The minimum absolute atomic E-state index is 0.640. The van der Waals surface area contributed by atoms with Crippen LogP contribution in [0.15, 0.2) is 24.3 Å². The number of aryl methyl sites for hydroxylation is 1. The fourth-order valence-corrected chi connectivity index (χ4v) is 2.06. The van der Waals surface area contributed by atoms with Gasteiger partial charge in [-0.1, -0.05) is 6.92 Å². The van der Waals surface area contributed by atoms with Crippen LogP contribution < -0.4 is 14.8 Å². The van der Waals surface area contributed by atoms with E-state index in [4.69, 9.17) is 9.47 Å². The predicted molar refractivity (Wildman–Crippen MR) is 84.1 cm³/mol. The van der Waals surface area contributed by atoms with E-state index < -0.39 is 0 Å². The van der Waals surface area contributed by atoms with Gasteiger partial charge in [0.05, 0.1) is 19.8 Å². The number of ether oxygens (including phenoxy) is 2. The third kappa shape index (κ3) is 3.42. The van der Waals surface area contributed by atoms with Crippen LogP contribution in [0.3, 0.4) is 0 Å². The zero-order valence-electron chi connectivity index (χ0n) is 12.9. The van der Waals surface area contributed by atoms with Crippen molar-refractivity contribution in [3.8, 4) is 22.9 Å². The van der Waals surface area contributed by atoms with Gasteiger partial charge in [-0.05, 0) is 31.5 Å². The number of benzene rings is 1. The van der Waals surface area contributed by atoms with E-state index in [0.717, 1.165) is 41.5 Å². The Morgan fingerprint density at radius 2 is 1.86 bits per heavy atom. The molecule has 5 heteroatoms. The van der Waals surface area contributed by atoms with Crippen molar-refractivity contribution in [1.82, 2.24) is 9.97 Å². The molecule has 0 aliphatic rings. The summed E-state index contributed by atoms with van der Waals surface area (Å²) in [6, 6.07) is 7.59. The number of hydrogen-bond donors (Lipinski definition) is 1. The van der Waals surface area contributed by atoms with Gasteiger partial charge in [-0.2, -0.15) is 0 Å². The quantitative estimate of drug-likeness (QED) is 0.884. The number of nitrogens with zero attached hydrogens (tertiary/aromatic N) is 2. The normalized spacial score (nSPS) is 10.3. The van der Waals surface area contributed by atoms with Crippen molar-refractivity contribution in [3.63, 3.8) is 0 Å². The highest BCUT2D eigenvalue weighted by molar-refractivity contribution is 5.67. The smallest absolute Gasteiger partial charge is 0.165 e. The number of rotatable bonds is 6. The average Bonchev–Trinajstić information content (AvgIpc) is 2.54. The molecule has 2 aromatic rings. The Hall–Kier alpha value is -2.30. The molecule has 1 aromatic carbocycles. The molecule has 1 N–H and O–H groups in total. The second kappa shape index (κ2) is 6.92. The Bertz CT molecular complexity index is 614. The molecule has 0 fully saturated rings. The Morgan fingerprint density at radius 3 is 2.48 bits per heavy atom. The summed E-state index contributed by atoms with van der Waals surface area (Å²) in [6.07, 6.45) is 0.847. The average molecular weight is 287 g/mol. The lowest BCUT2D eigenvalue weighted by Gasteiger charge is -2.12. The van der Waals surface area contributed by atoms with Gasteiger partial charge in [0.15, 0.2) is 5.82 Å². The Balaban J connectivity index is 2.56. The van der Waals surface area contributed by atoms with Crippen LogP contribution in [0.25, 0.3) is 11.4 Å². The topological polar surface area (TPSA) is 56.3 Å². The van der Waals surface area contributed by atoms with Gasteiger partial charge < -0.3 is 14.8 Å². The van der Waals surface area contributed by atoms with E-state index in [1.807, 2.05) is 31.2 Å². The maximum Gasteiger partial charge on any atom is 0.165 e. The summed E-state index contributed by atoms with van der Waals surface area (Å²) < 4.78 is 10.7. The van der Waals surface area contributed by atoms with Crippen molar-refractivity contribution in [2.24, 2.45) is 0 Å². The van der Waals surface area contributed by atoms with Crippen molar-refractivity contribution in [3.05, 3.63) is 30.0 Å². The van der Waals surface area contributed by atoms with E-state index in [-0.39, 0.29) is 0 Å². The van der Waals surface area contributed by atoms with Crippen LogP contribution in [-0.4, -0.2) is 30.7 Å². The molecule has 1 heterocycles. The number of anilines is 1. The van der Waals surface area contributed by atoms with Gasteiger partial charge in [0.25, 0.3) is 0 Å². The molecular weight excluding hydrogens is 266 g/mol. The fraction of sp³-hybridized carbons (Fsp3) is 0.375. The molecule has 0 amide bonds. The van der Waals surface area contributed by atoms with Crippen molar-refractivity contribution < 1.29 is 9.47 Å². The molecule has 5 nitrogen and oxygen atoms in total. The first-order valence-electron chi connectivity index (χ1n) is 7.06. The predicted octanol–water partition coefficient (Wildman–Crippen LogP) is 3.16. The van der Waals surface area contributed by atoms with Gasteiger partial charge in [0.1, 0.15) is 17.3 Å². The summed E-state index contributed by atoms with van der Waals surface area (Å²) in [4.78, 5) is 9.17. The summed E-state index contributed by atoms with van der Waals surface area (Å²) in [6.45, 7) is 4.93. The highest BCUT2D eigenvalue weighted by atomic mass is 16.5. The summed E-state index contributed by atoms with van der Waals surface area (Å²) in [5.74, 6) is 2.94. The van der Waals surface area contributed by atoms with Crippen molar-refractivity contribution in [1.29, 1.82) is 0 Å². The van der Waals surface area contributed by atoms with Crippen molar-refractivity contribution in [2.75, 3.05) is 26.1 Å². The molecule has 0 aliphatic carbocycles.